The largest absolute Gasteiger partial charge is 0.358 e. The highest BCUT2D eigenvalue weighted by Crippen LogP contribution is 2.14. The predicted octanol–water partition coefficient (Wildman–Crippen LogP) is 3.13. The number of hydrogen-bond donors (Lipinski definition) is 3. The van der Waals surface area contributed by atoms with Gasteiger partial charge >= 0.3 is 0 Å². The Morgan fingerprint density at radius 1 is 1.00 bits per heavy atom. The first-order valence-corrected chi connectivity index (χ1v) is 7.01. The van der Waals surface area contributed by atoms with Gasteiger partial charge in [-0.1, -0.05) is 36.4 Å². The van der Waals surface area contributed by atoms with Gasteiger partial charge in [-0.05, 0) is 36.0 Å². The zero-order chi connectivity index (χ0) is 15.1. The second kappa shape index (κ2) is 7.40. The van der Waals surface area contributed by atoms with Crippen molar-refractivity contribution in [1.82, 2.24) is 5.32 Å². The Kier molecular flexibility index (Phi) is 5.29. The third-order valence-corrected chi connectivity index (χ3v) is 2.98. The van der Waals surface area contributed by atoms with E-state index in [2.05, 4.69) is 16.0 Å². The monoisotopic (exact) mass is 299 g/mol. The smallest absolute Gasteiger partial charge is 0.221 e. The van der Waals surface area contributed by atoms with E-state index in [1.807, 2.05) is 54.6 Å². The quantitative estimate of drug-likeness (QED) is 0.759. The fourth-order valence-electron chi connectivity index (χ4n) is 1.83. The molecular weight excluding hydrogens is 282 g/mol. The highest BCUT2D eigenvalue weighted by molar-refractivity contribution is 7.80. The molecule has 4 nitrogen and oxygen atoms in total. The average molecular weight is 299 g/mol. The minimum Gasteiger partial charge on any atom is -0.358 e. The van der Waals surface area contributed by atoms with Crippen molar-refractivity contribution in [1.29, 1.82) is 0 Å². The van der Waals surface area contributed by atoms with Gasteiger partial charge in [0.25, 0.3) is 0 Å². The summed E-state index contributed by atoms with van der Waals surface area (Å²) >= 11 is 5.26. The molecule has 0 saturated heterocycles. The van der Waals surface area contributed by atoms with Crippen LogP contribution in [0.4, 0.5) is 11.4 Å². The van der Waals surface area contributed by atoms with Crippen LogP contribution in [-0.2, 0) is 11.3 Å². The minimum atomic E-state index is -0.100. The van der Waals surface area contributed by atoms with Crippen molar-refractivity contribution in [3.8, 4) is 0 Å². The molecule has 0 aliphatic rings. The van der Waals surface area contributed by atoms with Crippen LogP contribution in [0.1, 0.15) is 12.5 Å². The predicted molar refractivity (Wildman–Crippen MR) is 90.2 cm³/mol. The lowest BCUT2D eigenvalue weighted by Crippen LogP contribution is -2.27. The molecule has 0 radical (unpaired) electrons. The van der Waals surface area contributed by atoms with Crippen molar-refractivity contribution < 1.29 is 4.79 Å². The molecular formula is C16H17N3OS. The first kappa shape index (κ1) is 15.0. The second-order valence-electron chi connectivity index (χ2n) is 4.56. The highest BCUT2D eigenvalue weighted by atomic mass is 32.1. The van der Waals surface area contributed by atoms with Gasteiger partial charge in [0, 0.05) is 24.8 Å². The zero-order valence-corrected chi connectivity index (χ0v) is 12.5. The number of amides is 1. The van der Waals surface area contributed by atoms with Crippen molar-refractivity contribution in [2.75, 3.05) is 10.6 Å². The van der Waals surface area contributed by atoms with Crippen molar-refractivity contribution in [3.05, 3.63) is 60.2 Å². The summed E-state index contributed by atoms with van der Waals surface area (Å²) < 4.78 is 0. The molecule has 0 aliphatic heterocycles. The Morgan fingerprint density at radius 2 is 1.67 bits per heavy atom. The van der Waals surface area contributed by atoms with E-state index in [4.69, 9.17) is 12.2 Å². The van der Waals surface area contributed by atoms with E-state index in [1.54, 1.807) is 0 Å². The summed E-state index contributed by atoms with van der Waals surface area (Å²) in [4.78, 5) is 11.0. The molecule has 0 atom stereocenters. The van der Waals surface area contributed by atoms with Crippen LogP contribution in [-0.4, -0.2) is 11.0 Å². The maximum Gasteiger partial charge on any atom is 0.221 e. The SMILES string of the molecule is CC(=O)Nc1cccc(NC(=S)NCc2ccccc2)c1. The molecule has 0 heterocycles. The van der Waals surface area contributed by atoms with Gasteiger partial charge in [0.15, 0.2) is 5.11 Å². The van der Waals surface area contributed by atoms with Gasteiger partial charge in [-0.25, -0.2) is 0 Å². The van der Waals surface area contributed by atoms with E-state index >= 15 is 0 Å². The van der Waals surface area contributed by atoms with Crippen molar-refractivity contribution in [2.45, 2.75) is 13.5 Å². The highest BCUT2D eigenvalue weighted by Gasteiger charge is 2.00. The fraction of sp³-hybridized carbons (Fsp3) is 0.125. The molecule has 0 fully saturated rings. The Hall–Kier alpha value is -2.40. The molecule has 5 heteroatoms. The lowest BCUT2D eigenvalue weighted by atomic mass is 10.2. The summed E-state index contributed by atoms with van der Waals surface area (Å²) in [5.41, 5.74) is 2.72. The first-order valence-electron chi connectivity index (χ1n) is 6.60. The van der Waals surface area contributed by atoms with E-state index in [9.17, 15) is 4.79 Å². The zero-order valence-electron chi connectivity index (χ0n) is 11.7. The van der Waals surface area contributed by atoms with Crippen LogP contribution in [0.25, 0.3) is 0 Å². The summed E-state index contributed by atoms with van der Waals surface area (Å²) in [5, 5.41) is 9.51. The summed E-state index contributed by atoms with van der Waals surface area (Å²) in [6.07, 6.45) is 0. The molecule has 21 heavy (non-hydrogen) atoms. The Labute approximate surface area is 129 Å². The van der Waals surface area contributed by atoms with Crippen LogP contribution in [0.3, 0.4) is 0 Å². The lowest BCUT2D eigenvalue weighted by Gasteiger charge is -2.11. The van der Waals surface area contributed by atoms with Gasteiger partial charge in [-0.3, -0.25) is 4.79 Å². The molecule has 3 N–H and O–H groups in total. The molecule has 0 spiro atoms. The molecule has 2 aromatic rings. The topological polar surface area (TPSA) is 53.2 Å². The maximum absolute atomic E-state index is 11.0. The summed E-state index contributed by atoms with van der Waals surface area (Å²) in [6, 6.07) is 17.4. The Morgan fingerprint density at radius 3 is 2.33 bits per heavy atom. The molecule has 0 unspecified atom stereocenters. The van der Waals surface area contributed by atoms with Gasteiger partial charge in [0.05, 0.1) is 0 Å². The van der Waals surface area contributed by atoms with Gasteiger partial charge in [0.2, 0.25) is 5.91 Å². The van der Waals surface area contributed by atoms with E-state index in [-0.39, 0.29) is 5.91 Å². The molecule has 0 aromatic heterocycles. The second-order valence-corrected chi connectivity index (χ2v) is 4.96. The number of carbonyl (C=O) groups excluding carboxylic acids is 1. The molecule has 2 aromatic carbocycles. The molecule has 1 amide bonds. The third-order valence-electron chi connectivity index (χ3n) is 2.74. The average Bonchev–Trinajstić information content (AvgIpc) is 2.46. The van der Waals surface area contributed by atoms with Crippen LogP contribution >= 0.6 is 12.2 Å². The number of hydrogen-bond acceptors (Lipinski definition) is 2. The van der Waals surface area contributed by atoms with E-state index in [1.165, 1.54) is 6.92 Å². The molecule has 0 aliphatic carbocycles. The van der Waals surface area contributed by atoms with Crippen LogP contribution in [0, 0.1) is 0 Å². The van der Waals surface area contributed by atoms with Crippen LogP contribution in [0.15, 0.2) is 54.6 Å². The fourth-order valence-corrected chi connectivity index (χ4v) is 2.02. The number of rotatable bonds is 4. The lowest BCUT2D eigenvalue weighted by molar-refractivity contribution is -0.114. The molecule has 2 rings (SSSR count). The van der Waals surface area contributed by atoms with Gasteiger partial charge in [0.1, 0.15) is 0 Å². The summed E-state index contributed by atoms with van der Waals surface area (Å²) in [6.45, 7) is 2.14. The Bertz CT molecular complexity index is 628. The number of anilines is 2. The van der Waals surface area contributed by atoms with Crippen LogP contribution < -0.4 is 16.0 Å². The van der Waals surface area contributed by atoms with Gasteiger partial charge < -0.3 is 16.0 Å². The van der Waals surface area contributed by atoms with Crippen molar-refractivity contribution in [2.24, 2.45) is 0 Å². The normalized spacial score (nSPS) is 9.76. The standard InChI is InChI=1S/C16H17N3OS/c1-12(20)18-14-8-5-9-15(10-14)19-16(21)17-11-13-6-3-2-4-7-13/h2-10H,11H2,1H3,(H,18,20)(H2,17,19,21). The summed E-state index contributed by atoms with van der Waals surface area (Å²) in [5.74, 6) is -0.100. The van der Waals surface area contributed by atoms with E-state index < -0.39 is 0 Å². The van der Waals surface area contributed by atoms with E-state index in [0.29, 0.717) is 11.7 Å². The van der Waals surface area contributed by atoms with Crippen LogP contribution in [0.2, 0.25) is 0 Å². The first-order chi connectivity index (χ1) is 10.1. The molecule has 108 valence electrons. The van der Waals surface area contributed by atoms with Gasteiger partial charge in [-0.2, -0.15) is 0 Å². The third kappa shape index (κ3) is 5.24. The minimum absolute atomic E-state index is 0.100. The van der Waals surface area contributed by atoms with Crippen molar-refractivity contribution >= 4 is 34.6 Å². The van der Waals surface area contributed by atoms with Crippen molar-refractivity contribution in [3.63, 3.8) is 0 Å². The molecule has 0 bridgehead atoms. The summed E-state index contributed by atoms with van der Waals surface area (Å²) in [7, 11) is 0. The number of nitrogens with one attached hydrogen (secondary N) is 3. The van der Waals surface area contributed by atoms with Crippen LogP contribution in [0.5, 0.6) is 0 Å². The molecule has 0 saturated carbocycles. The number of benzene rings is 2. The Balaban J connectivity index is 1.89. The van der Waals surface area contributed by atoms with Gasteiger partial charge in [-0.15, -0.1) is 0 Å². The number of thiocarbonyl (C=S) groups is 1. The number of carbonyl (C=O) groups is 1. The maximum atomic E-state index is 11.0. The van der Waals surface area contributed by atoms with E-state index in [0.717, 1.165) is 16.9 Å².